The summed E-state index contributed by atoms with van der Waals surface area (Å²) in [5.41, 5.74) is -0.765. The second kappa shape index (κ2) is 6.70. The van der Waals surface area contributed by atoms with Crippen molar-refractivity contribution in [3.05, 3.63) is 0 Å². The fourth-order valence-corrected chi connectivity index (χ4v) is 4.09. The molecule has 24 heavy (non-hydrogen) atoms. The third-order valence-corrected chi connectivity index (χ3v) is 5.85. The topological polar surface area (TPSA) is 81.8 Å². The number of nitrogens with zero attached hydrogens (tertiary/aromatic N) is 2. The highest BCUT2D eigenvalue weighted by Crippen LogP contribution is 2.36. The van der Waals surface area contributed by atoms with Crippen LogP contribution in [0.25, 0.3) is 0 Å². The molecule has 2 N–H and O–H groups in total. The van der Waals surface area contributed by atoms with Gasteiger partial charge in [-0.1, -0.05) is 6.92 Å². The number of carbonyl (C=O) groups excluding carboxylic acids is 3. The lowest BCUT2D eigenvalue weighted by Crippen LogP contribution is -2.52. The molecule has 0 bridgehead atoms. The van der Waals surface area contributed by atoms with Gasteiger partial charge in [0.05, 0.1) is 0 Å². The minimum atomic E-state index is -0.765. The Hall–Kier alpha value is -1.63. The van der Waals surface area contributed by atoms with Gasteiger partial charge in [0.1, 0.15) is 12.1 Å². The van der Waals surface area contributed by atoms with Crippen LogP contribution in [-0.4, -0.2) is 65.9 Å². The molecular weight excluding hydrogens is 308 g/mol. The molecule has 2 aliphatic heterocycles. The first-order valence-electron chi connectivity index (χ1n) is 9.04. The number of imide groups is 1. The van der Waals surface area contributed by atoms with Gasteiger partial charge >= 0.3 is 6.03 Å². The standard InChI is InChI=1S/C17H28N4O3/c1-12-5-7-17(8-6-12)15(23)21(16(24)19-17)11-14(22)20-9-3-4-13(10-20)18-2/h12-13,18H,3-11H2,1-2H3,(H,19,24). The van der Waals surface area contributed by atoms with Crippen molar-refractivity contribution in [2.24, 2.45) is 5.92 Å². The lowest BCUT2D eigenvalue weighted by atomic mass is 9.77. The van der Waals surface area contributed by atoms with Gasteiger partial charge in [-0.05, 0) is 51.5 Å². The van der Waals surface area contributed by atoms with Gasteiger partial charge in [-0.2, -0.15) is 0 Å². The Bertz CT molecular complexity index is 528. The summed E-state index contributed by atoms with van der Waals surface area (Å²) in [5, 5.41) is 6.07. The molecule has 0 aromatic heterocycles. The van der Waals surface area contributed by atoms with Crippen LogP contribution in [0.4, 0.5) is 4.79 Å². The maximum absolute atomic E-state index is 12.8. The van der Waals surface area contributed by atoms with Crippen LogP contribution in [-0.2, 0) is 9.59 Å². The summed E-state index contributed by atoms with van der Waals surface area (Å²) < 4.78 is 0. The predicted octanol–water partition coefficient (Wildman–Crippen LogP) is 0.698. The molecule has 134 valence electrons. The van der Waals surface area contributed by atoms with Crippen LogP contribution >= 0.6 is 0 Å². The number of likely N-dealkylation sites (N-methyl/N-ethyl adjacent to an activating group) is 1. The van der Waals surface area contributed by atoms with Crippen LogP contribution < -0.4 is 10.6 Å². The van der Waals surface area contributed by atoms with Crippen molar-refractivity contribution in [2.75, 3.05) is 26.7 Å². The van der Waals surface area contributed by atoms with Gasteiger partial charge in [0.2, 0.25) is 5.91 Å². The van der Waals surface area contributed by atoms with E-state index in [9.17, 15) is 14.4 Å². The van der Waals surface area contributed by atoms with Crippen LogP contribution in [0.2, 0.25) is 0 Å². The van der Waals surface area contributed by atoms with Gasteiger partial charge in [0, 0.05) is 19.1 Å². The summed E-state index contributed by atoms with van der Waals surface area (Å²) in [6.07, 6.45) is 5.21. The van der Waals surface area contributed by atoms with Crippen molar-refractivity contribution < 1.29 is 14.4 Å². The molecule has 0 aromatic rings. The van der Waals surface area contributed by atoms with Crippen LogP contribution in [0.15, 0.2) is 0 Å². The number of carbonyl (C=O) groups is 3. The number of hydrogen-bond donors (Lipinski definition) is 2. The zero-order valence-corrected chi connectivity index (χ0v) is 14.6. The molecule has 2 heterocycles. The Morgan fingerprint density at radius 3 is 2.67 bits per heavy atom. The first-order valence-corrected chi connectivity index (χ1v) is 9.04. The Morgan fingerprint density at radius 2 is 2.00 bits per heavy atom. The molecule has 1 unspecified atom stereocenters. The summed E-state index contributed by atoms with van der Waals surface area (Å²) in [7, 11) is 1.89. The SMILES string of the molecule is CNC1CCCN(C(=O)CN2C(=O)NC3(CCC(C)CC3)C2=O)C1. The average molecular weight is 336 g/mol. The second-order valence-electron chi connectivity index (χ2n) is 7.55. The van der Waals surface area contributed by atoms with E-state index in [1.54, 1.807) is 4.90 Å². The number of nitrogens with one attached hydrogen (secondary N) is 2. The molecule has 3 aliphatic rings. The summed E-state index contributed by atoms with van der Waals surface area (Å²) in [6, 6.07) is -0.123. The van der Waals surface area contributed by atoms with E-state index < -0.39 is 11.6 Å². The third-order valence-electron chi connectivity index (χ3n) is 5.85. The second-order valence-corrected chi connectivity index (χ2v) is 7.55. The van der Waals surface area contributed by atoms with Crippen molar-refractivity contribution in [3.8, 4) is 0 Å². The van der Waals surface area contributed by atoms with Crippen molar-refractivity contribution in [1.29, 1.82) is 0 Å². The quantitative estimate of drug-likeness (QED) is 0.743. The minimum absolute atomic E-state index is 0.139. The fourth-order valence-electron chi connectivity index (χ4n) is 4.09. The van der Waals surface area contributed by atoms with Gasteiger partial charge in [-0.15, -0.1) is 0 Å². The molecule has 2 saturated heterocycles. The lowest BCUT2D eigenvalue weighted by Gasteiger charge is -2.34. The van der Waals surface area contributed by atoms with Crippen LogP contribution in [0, 0.1) is 5.92 Å². The molecule has 1 spiro atoms. The summed E-state index contributed by atoms with van der Waals surface area (Å²) >= 11 is 0. The number of urea groups is 1. The Balaban J connectivity index is 1.63. The predicted molar refractivity (Wildman–Crippen MR) is 89.3 cm³/mol. The van der Waals surface area contributed by atoms with E-state index in [0.717, 1.165) is 30.6 Å². The Kier molecular flexibility index (Phi) is 4.80. The van der Waals surface area contributed by atoms with Gasteiger partial charge < -0.3 is 15.5 Å². The van der Waals surface area contributed by atoms with E-state index in [1.165, 1.54) is 0 Å². The van der Waals surface area contributed by atoms with E-state index in [1.807, 2.05) is 7.05 Å². The normalized spacial score (nSPS) is 33.9. The van der Waals surface area contributed by atoms with Gasteiger partial charge in [-0.25, -0.2) is 4.79 Å². The van der Waals surface area contributed by atoms with Crippen molar-refractivity contribution >= 4 is 17.8 Å². The van der Waals surface area contributed by atoms with E-state index in [0.29, 0.717) is 31.8 Å². The highest BCUT2D eigenvalue weighted by Gasteiger charge is 2.52. The molecule has 1 aliphatic carbocycles. The average Bonchev–Trinajstić information content (AvgIpc) is 2.82. The molecule has 7 nitrogen and oxygen atoms in total. The molecule has 1 saturated carbocycles. The molecule has 7 heteroatoms. The van der Waals surface area contributed by atoms with E-state index in [4.69, 9.17) is 0 Å². The third kappa shape index (κ3) is 3.14. The van der Waals surface area contributed by atoms with Crippen LogP contribution in [0.3, 0.4) is 0 Å². The number of piperidine rings is 1. The molecular formula is C17H28N4O3. The van der Waals surface area contributed by atoms with Gasteiger partial charge in [0.15, 0.2) is 0 Å². The first kappa shape index (κ1) is 17.2. The molecule has 4 amide bonds. The fraction of sp³-hybridized carbons (Fsp3) is 0.824. The smallest absolute Gasteiger partial charge is 0.325 e. The van der Waals surface area contributed by atoms with Crippen molar-refractivity contribution in [1.82, 2.24) is 20.4 Å². The number of hydrogen-bond acceptors (Lipinski definition) is 4. The minimum Gasteiger partial charge on any atom is -0.340 e. The Labute approximate surface area is 143 Å². The largest absolute Gasteiger partial charge is 0.340 e. The molecule has 3 fully saturated rings. The van der Waals surface area contributed by atoms with Gasteiger partial charge in [0.25, 0.3) is 5.91 Å². The maximum atomic E-state index is 12.8. The summed E-state index contributed by atoms with van der Waals surface area (Å²) in [6.45, 7) is 3.37. The molecule has 1 atom stereocenters. The molecule has 3 rings (SSSR count). The highest BCUT2D eigenvalue weighted by molar-refractivity contribution is 6.09. The maximum Gasteiger partial charge on any atom is 0.325 e. The van der Waals surface area contributed by atoms with Crippen molar-refractivity contribution in [2.45, 2.75) is 57.0 Å². The van der Waals surface area contributed by atoms with E-state index in [-0.39, 0.29) is 24.4 Å². The van der Waals surface area contributed by atoms with Gasteiger partial charge in [-0.3, -0.25) is 14.5 Å². The highest BCUT2D eigenvalue weighted by atomic mass is 16.2. The van der Waals surface area contributed by atoms with Crippen LogP contribution in [0.1, 0.15) is 45.4 Å². The molecule has 0 radical (unpaired) electrons. The van der Waals surface area contributed by atoms with Crippen LogP contribution in [0.5, 0.6) is 0 Å². The van der Waals surface area contributed by atoms with E-state index in [2.05, 4.69) is 17.6 Å². The lowest BCUT2D eigenvalue weighted by molar-refractivity contribution is -0.140. The zero-order valence-electron chi connectivity index (χ0n) is 14.6. The molecule has 0 aromatic carbocycles. The monoisotopic (exact) mass is 336 g/mol. The summed E-state index contributed by atoms with van der Waals surface area (Å²) in [5.74, 6) is 0.234. The zero-order chi connectivity index (χ0) is 17.3. The number of rotatable bonds is 3. The van der Waals surface area contributed by atoms with E-state index >= 15 is 0 Å². The number of likely N-dealkylation sites (tertiary alicyclic amines) is 1. The first-order chi connectivity index (χ1) is 11.4. The van der Waals surface area contributed by atoms with Crippen molar-refractivity contribution in [3.63, 3.8) is 0 Å². The summed E-state index contributed by atoms with van der Waals surface area (Å²) in [4.78, 5) is 40.5. The Morgan fingerprint density at radius 1 is 1.29 bits per heavy atom. The number of amides is 4.